The Morgan fingerprint density at radius 2 is 2.33 bits per heavy atom. The molecule has 0 atom stereocenters. The fourth-order valence-corrected chi connectivity index (χ4v) is 1.15. The maximum Gasteiger partial charge on any atom is 0.296 e. The van der Waals surface area contributed by atoms with Gasteiger partial charge in [-0.15, -0.1) is 5.10 Å². The van der Waals surface area contributed by atoms with Crippen molar-refractivity contribution in [3.05, 3.63) is 16.6 Å². The number of hydrogen-bond acceptors (Lipinski definition) is 5. The van der Waals surface area contributed by atoms with Crippen molar-refractivity contribution >= 4 is 23.8 Å². The van der Waals surface area contributed by atoms with Gasteiger partial charge in [-0.1, -0.05) is 5.21 Å². The Bertz CT molecular complexity index is 486. The summed E-state index contributed by atoms with van der Waals surface area (Å²) >= 11 is 3.94. The molecule has 0 bridgehead atoms. The quantitative estimate of drug-likeness (QED) is 0.544. The predicted molar refractivity (Wildman–Crippen MR) is 44.9 cm³/mol. The van der Waals surface area contributed by atoms with Gasteiger partial charge < -0.3 is 0 Å². The molecule has 0 radical (unpaired) electrons. The molecular formula is C5H5N5OS. The summed E-state index contributed by atoms with van der Waals surface area (Å²) in [4.78, 5) is 11.4. The number of fused-ring (bicyclic) bond motifs is 1. The first-order valence-corrected chi connectivity index (χ1v) is 3.57. The lowest BCUT2D eigenvalue weighted by molar-refractivity contribution is 0.655. The Labute approximate surface area is 72.3 Å². The molecule has 0 fully saturated rings. The fraction of sp³-hybridized carbons (Fsp3) is 0.200. The molecule has 0 saturated heterocycles. The van der Waals surface area contributed by atoms with E-state index >= 15 is 0 Å². The first-order chi connectivity index (χ1) is 5.70. The van der Waals surface area contributed by atoms with Gasteiger partial charge in [0.1, 0.15) is 5.52 Å². The maximum atomic E-state index is 11.4. The van der Waals surface area contributed by atoms with Crippen molar-refractivity contribution in [1.82, 2.24) is 24.2 Å². The molecule has 0 aliphatic heterocycles. The van der Waals surface area contributed by atoms with E-state index in [0.29, 0.717) is 11.0 Å². The van der Waals surface area contributed by atoms with E-state index in [1.165, 1.54) is 17.3 Å². The fourth-order valence-electron chi connectivity index (χ4n) is 0.908. The van der Waals surface area contributed by atoms with Gasteiger partial charge in [-0.2, -0.15) is 5.10 Å². The van der Waals surface area contributed by atoms with Crippen LogP contribution < -0.4 is 5.56 Å². The van der Waals surface area contributed by atoms with Crippen LogP contribution in [0.5, 0.6) is 0 Å². The van der Waals surface area contributed by atoms with Crippen molar-refractivity contribution in [2.24, 2.45) is 7.05 Å². The number of aromatic nitrogens is 5. The Kier molecular flexibility index (Phi) is 1.40. The predicted octanol–water partition coefficient (Wildman–Crippen LogP) is -0.782. The zero-order valence-corrected chi connectivity index (χ0v) is 7.06. The zero-order chi connectivity index (χ0) is 8.72. The molecule has 2 heterocycles. The van der Waals surface area contributed by atoms with E-state index in [-0.39, 0.29) is 5.56 Å². The average Bonchev–Trinajstić information content (AvgIpc) is 2.41. The molecule has 0 aromatic carbocycles. The minimum atomic E-state index is -0.257. The van der Waals surface area contributed by atoms with Crippen LogP contribution in [-0.4, -0.2) is 24.2 Å². The van der Waals surface area contributed by atoms with Crippen LogP contribution in [0.15, 0.2) is 11.0 Å². The molecular weight excluding hydrogens is 178 g/mol. The smallest absolute Gasteiger partial charge is 0.265 e. The highest BCUT2D eigenvalue weighted by atomic mass is 32.1. The SMILES string of the molecule is Cn1nnc2cnn(S)c2c1=O. The molecule has 0 amide bonds. The molecule has 0 unspecified atom stereocenters. The van der Waals surface area contributed by atoms with Crippen molar-refractivity contribution in [3.63, 3.8) is 0 Å². The monoisotopic (exact) mass is 183 g/mol. The van der Waals surface area contributed by atoms with Gasteiger partial charge in [0.2, 0.25) is 0 Å². The molecule has 0 saturated carbocycles. The van der Waals surface area contributed by atoms with Gasteiger partial charge >= 0.3 is 0 Å². The van der Waals surface area contributed by atoms with Gasteiger partial charge in [0.05, 0.1) is 6.20 Å². The molecule has 7 heteroatoms. The standard InChI is InChI=1S/C5H5N5OS/c1-9-5(11)4-3(7-8-9)2-6-10(4)12/h2,12H,1H3. The van der Waals surface area contributed by atoms with E-state index in [1.807, 2.05) is 0 Å². The van der Waals surface area contributed by atoms with Crippen LogP contribution in [0.3, 0.4) is 0 Å². The van der Waals surface area contributed by atoms with Gasteiger partial charge in [0.15, 0.2) is 5.52 Å². The number of hydrogen-bond donors (Lipinski definition) is 1. The maximum absolute atomic E-state index is 11.4. The topological polar surface area (TPSA) is 65.6 Å². The molecule has 62 valence electrons. The molecule has 0 N–H and O–H groups in total. The van der Waals surface area contributed by atoms with Crippen molar-refractivity contribution in [1.29, 1.82) is 0 Å². The van der Waals surface area contributed by atoms with Crippen LogP contribution in [-0.2, 0) is 7.05 Å². The highest BCUT2D eigenvalue weighted by molar-refractivity contribution is 7.78. The summed E-state index contributed by atoms with van der Waals surface area (Å²) in [5.41, 5.74) is 0.538. The lowest BCUT2D eigenvalue weighted by Gasteiger charge is -1.93. The molecule has 0 aliphatic carbocycles. The van der Waals surface area contributed by atoms with Crippen molar-refractivity contribution in [2.75, 3.05) is 0 Å². The van der Waals surface area contributed by atoms with Gasteiger partial charge in [0, 0.05) is 7.05 Å². The minimum Gasteiger partial charge on any atom is -0.265 e. The summed E-state index contributed by atoms with van der Waals surface area (Å²) in [5, 5.41) is 11.1. The van der Waals surface area contributed by atoms with Gasteiger partial charge in [-0.25, -0.2) is 8.77 Å². The molecule has 0 aliphatic rings. The summed E-state index contributed by atoms with van der Waals surface area (Å²) in [7, 11) is 1.52. The number of nitrogens with zero attached hydrogens (tertiary/aromatic N) is 5. The Hall–Kier alpha value is -1.37. The van der Waals surface area contributed by atoms with E-state index in [2.05, 4.69) is 28.2 Å². The molecule has 12 heavy (non-hydrogen) atoms. The number of thiol groups is 1. The first kappa shape index (κ1) is 7.29. The third-order valence-electron chi connectivity index (χ3n) is 1.52. The summed E-state index contributed by atoms with van der Waals surface area (Å²) in [5.74, 6) is 0. The van der Waals surface area contributed by atoms with Crippen LogP contribution in [0.25, 0.3) is 11.0 Å². The summed E-state index contributed by atoms with van der Waals surface area (Å²) in [6.45, 7) is 0. The van der Waals surface area contributed by atoms with Crippen molar-refractivity contribution in [3.8, 4) is 0 Å². The van der Waals surface area contributed by atoms with E-state index in [4.69, 9.17) is 0 Å². The summed E-state index contributed by atoms with van der Waals surface area (Å²) in [6, 6.07) is 0. The molecule has 2 rings (SSSR count). The van der Waals surface area contributed by atoms with Crippen LogP contribution in [0, 0.1) is 0 Å². The second-order valence-corrected chi connectivity index (χ2v) is 2.66. The summed E-state index contributed by atoms with van der Waals surface area (Å²) in [6.07, 6.45) is 1.44. The van der Waals surface area contributed by atoms with Gasteiger partial charge in [0.25, 0.3) is 5.56 Å². The largest absolute Gasteiger partial charge is 0.296 e. The van der Waals surface area contributed by atoms with Crippen molar-refractivity contribution in [2.45, 2.75) is 0 Å². The van der Waals surface area contributed by atoms with E-state index in [0.717, 1.165) is 4.68 Å². The van der Waals surface area contributed by atoms with Gasteiger partial charge in [-0.05, 0) is 12.8 Å². The third-order valence-corrected chi connectivity index (χ3v) is 1.82. The van der Waals surface area contributed by atoms with E-state index < -0.39 is 0 Å². The lowest BCUT2D eigenvalue weighted by atomic mass is 10.5. The summed E-state index contributed by atoms with van der Waals surface area (Å²) < 4.78 is 2.32. The van der Waals surface area contributed by atoms with E-state index in [1.54, 1.807) is 0 Å². The Balaban J connectivity index is 3.06. The van der Waals surface area contributed by atoms with Crippen LogP contribution >= 0.6 is 12.8 Å². The number of rotatable bonds is 0. The van der Waals surface area contributed by atoms with Crippen LogP contribution in [0.4, 0.5) is 0 Å². The number of aryl methyl sites for hydroxylation is 1. The Morgan fingerprint density at radius 3 is 3.08 bits per heavy atom. The highest BCUT2D eigenvalue weighted by Crippen LogP contribution is 2.03. The Morgan fingerprint density at radius 1 is 1.58 bits per heavy atom. The van der Waals surface area contributed by atoms with Crippen LogP contribution in [0.1, 0.15) is 0 Å². The molecule has 6 nitrogen and oxygen atoms in total. The van der Waals surface area contributed by atoms with Crippen LogP contribution in [0.2, 0.25) is 0 Å². The van der Waals surface area contributed by atoms with Gasteiger partial charge in [-0.3, -0.25) is 4.79 Å². The molecule has 2 aromatic rings. The zero-order valence-electron chi connectivity index (χ0n) is 6.17. The normalized spacial score (nSPS) is 10.8. The average molecular weight is 183 g/mol. The highest BCUT2D eigenvalue weighted by Gasteiger charge is 2.07. The minimum absolute atomic E-state index is 0.257. The molecule has 0 spiro atoms. The second kappa shape index (κ2) is 2.31. The lowest BCUT2D eigenvalue weighted by Crippen LogP contribution is -2.21. The van der Waals surface area contributed by atoms with E-state index in [9.17, 15) is 4.79 Å². The second-order valence-electron chi connectivity index (χ2n) is 2.29. The molecule has 2 aromatic heterocycles. The van der Waals surface area contributed by atoms with Crippen molar-refractivity contribution < 1.29 is 0 Å². The first-order valence-electron chi connectivity index (χ1n) is 3.17. The third kappa shape index (κ3) is 0.828.